The lowest BCUT2D eigenvalue weighted by Gasteiger charge is -2.29. The van der Waals surface area contributed by atoms with Gasteiger partial charge in [0, 0.05) is 27.8 Å². The van der Waals surface area contributed by atoms with E-state index in [1.165, 1.54) is 26.4 Å². The molecule has 0 atom stereocenters. The Morgan fingerprint density at radius 2 is 0.782 bits per heavy atom. The van der Waals surface area contributed by atoms with Crippen molar-refractivity contribution in [3.8, 4) is 46.0 Å². The van der Waals surface area contributed by atoms with Crippen molar-refractivity contribution in [1.82, 2.24) is 0 Å². The van der Waals surface area contributed by atoms with Crippen LogP contribution in [0.3, 0.4) is 0 Å². The summed E-state index contributed by atoms with van der Waals surface area (Å²) in [4.78, 5) is 75.9. The third-order valence-corrected chi connectivity index (χ3v) is 12.0. The molecule has 0 aliphatic carbocycles. The topological polar surface area (TPSA) is 176 Å². The van der Waals surface area contributed by atoms with E-state index >= 15 is 0 Å². The van der Waals surface area contributed by atoms with Gasteiger partial charge in [-0.2, -0.15) is 0 Å². The zero-order valence-corrected chi connectivity index (χ0v) is 49.8. The minimum Gasteiger partial charge on any atom is -0.490 e. The van der Waals surface area contributed by atoms with Gasteiger partial charge in [0.25, 0.3) is 0 Å². The zero-order chi connectivity index (χ0) is 59.1. The molecule has 0 aliphatic heterocycles. The molecule has 0 aliphatic rings. The van der Waals surface area contributed by atoms with Gasteiger partial charge in [-0.05, 0) is 206 Å². The van der Waals surface area contributed by atoms with Gasteiger partial charge in [0.1, 0.15) is 11.5 Å². The van der Waals surface area contributed by atoms with Crippen LogP contribution in [0, 0.1) is 21.7 Å². The minimum absolute atomic E-state index is 0.236. The van der Waals surface area contributed by atoms with Gasteiger partial charge in [0.2, 0.25) is 11.5 Å². The van der Waals surface area contributed by atoms with E-state index in [9.17, 15) is 28.8 Å². The highest BCUT2D eigenvalue weighted by molar-refractivity contribution is 6.08. The predicted octanol–water partition coefficient (Wildman–Crippen LogP) is 14.4. The van der Waals surface area contributed by atoms with Crippen LogP contribution in [0.5, 0.6) is 46.0 Å². The highest BCUT2D eigenvalue weighted by Gasteiger charge is 2.34. The molecule has 4 aromatic rings. The number of allylic oxidation sites excluding steroid dienone is 2. The van der Waals surface area contributed by atoms with E-state index in [1.807, 2.05) is 32.9 Å². The fourth-order valence-electron chi connectivity index (χ4n) is 6.82. The first-order valence-electron chi connectivity index (χ1n) is 26.5. The molecule has 0 saturated carbocycles. The summed E-state index contributed by atoms with van der Waals surface area (Å²) in [5.74, 6) is 0.822. The maximum absolute atomic E-state index is 13.1. The van der Waals surface area contributed by atoms with Crippen molar-refractivity contribution >= 4 is 47.6 Å². The van der Waals surface area contributed by atoms with Crippen LogP contribution in [-0.2, 0) is 31.0 Å². The van der Waals surface area contributed by atoms with Crippen LogP contribution in [0.15, 0.2) is 72.8 Å². The number of aryl methyl sites for hydroxylation is 1. The molecule has 0 aromatic heterocycles. The van der Waals surface area contributed by atoms with Crippen molar-refractivity contribution in [3.63, 3.8) is 0 Å². The fourth-order valence-corrected chi connectivity index (χ4v) is 6.82. The van der Waals surface area contributed by atoms with Crippen molar-refractivity contribution in [2.75, 3.05) is 27.4 Å². The van der Waals surface area contributed by atoms with Crippen molar-refractivity contribution in [2.45, 2.75) is 149 Å². The van der Waals surface area contributed by atoms with Gasteiger partial charge < -0.3 is 37.9 Å². The van der Waals surface area contributed by atoms with E-state index < -0.39 is 27.6 Å². The Balaban J connectivity index is 0.000000411. The summed E-state index contributed by atoms with van der Waals surface area (Å²) >= 11 is 0. The van der Waals surface area contributed by atoms with Crippen LogP contribution in [0.2, 0.25) is 0 Å². The molecule has 0 amide bonds. The van der Waals surface area contributed by atoms with Gasteiger partial charge in [-0.1, -0.05) is 34.1 Å². The average Bonchev–Trinajstić information content (AvgIpc) is 3.36. The zero-order valence-electron chi connectivity index (χ0n) is 49.8. The molecule has 0 unspecified atom stereocenters. The van der Waals surface area contributed by atoms with Gasteiger partial charge in [0.15, 0.2) is 34.6 Å². The molecule has 424 valence electrons. The van der Waals surface area contributed by atoms with Crippen LogP contribution in [0.25, 0.3) is 12.2 Å². The van der Waals surface area contributed by atoms with Gasteiger partial charge in [0.05, 0.1) is 49.1 Å². The van der Waals surface area contributed by atoms with Crippen molar-refractivity contribution in [3.05, 3.63) is 106 Å². The summed E-state index contributed by atoms with van der Waals surface area (Å²) in [5.41, 5.74) is 0.596. The lowest BCUT2D eigenvalue weighted by molar-refractivity contribution is -0.143. The quantitative estimate of drug-likeness (QED) is 0.0353. The van der Waals surface area contributed by atoms with Crippen molar-refractivity contribution in [2.24, 2.45) is 21.7 Å². The number of methoxy groups -OCH3 is 2. The Labute approximate surface area is 463 Å². The van der Waals surface area contributed by atoms with E-state index in [0.29, 0.717) is 87.9 Å². The second-order valence-corrected chi connectivity index (χ2v) is 23.4. The SMILES string of the molecule is CCCc1cc(C=CC(=O)c2ccc(OC(=O)C(C)(C)C)cc2)c(OCC)c(OC)c1OC(=O)C(C)(C)C.CCOc1c(C=CC(=O)c2ccc(OC(=O)C(C)(C)C)cc2)cc(C(C)(C)CC)c(OC(=O)C(C)(C)C)c1OC. The first-order chi connectivity index (χ1) is 36.2. The number of ketones is 2. The number of benzene rings is 4. The summed E-state index contributed by atoms with van der Waals surface area (Å²) in [5, 5.41) is 0. The molecule has 0 radical (unpaired) electrons. The predicted molar refractivity (Wildman–Crippen MR) is 306 cm³/mol. The lowest BCUT2D eigenvalue weighted by atomic mass is 9.80. The van der Waals surface area contributed by atoms with E-state index in [4.69, 9.17) is 37.9 Å². The fraction of sp³-hybridized carbons (Fsp3) is 0.469. The van der Waals surface area contributed by atoms with Gasteiger partial charge in [-0.25, -0.2) is 0 Å². The lowest BCUT2D eigenvalue weighted by Crippen LogP contribution is -2.28. The van der Waals surface area contributed by atoms with Crippen LogP contribution >= 0.6 is 0 Å². The molecule has 0 bridgehead atoms. The molecule has 0 fully saturated rings. The number of carbonyl (C=O) groups is 6. The standard InChI is InChI=1S/C33H44O7.C31H40O7/c1-12-33(9,10)24-20-22(26(38-13-2)28(37-11)27(24)40-30(36)32(6,7)8)16-19-25(34)21-14-17-23(18-15-21)39-29(35)31(3,4)5;1-10-12-21-19-22(25(36-11-2)27(35-9)26(21)38-29(34)31(6,7)8)15-18-24(32)20-13-16-23(17-14-20)37-28(33)30(3,4)5/h14-20H,12-13H2,1-11H3;13-19H,10-12H2,1-9H3. The van der Waals surface area contributed by atoms with E-state index in [0.717, 1.165) is 24.0 Å². The molecule has 14 nitrogen and oxygen atoms in total. The maximum Gasteiger partial charge on any atom is 0.316 e. The summed E-state index contributed by atoms with van der Waals surface area (Å²) in [6.45, 7) is 34.0. The summed E-state index contributed by atoms with van der Waals surface area (Å²) in [6, 6.07) is 16.6. The number of ether oxygens (including phenoxy) is 8. The second kappa shape index (κ2) is 27.4. The van der Waals surface area contributed by atoms with E-state index in [-0.39, 0.29) is 34.9 Å². The summed E-state index contributed by atoms with van der Waals surface area (Å²) < 4.78 is 45.8. The first kappa shape index (κ1) is 65.1. The smallest absolute Gasteiger partial charge is 0.316 e. The van der Waals surface area contributed by atoms with Gasteiger partial charge in [-0.3, -0.25) is 28.8 Å². The molecule has 0 saturated heterocycles. The third-order valence-electron chi connectivity index (χ3n) is 12.0. The minimum atomic E-state index is -0.726. The van der Waals surface area contributed by atoms with Gasteiger partial charge >= 0.3 is 23.9 Å². The Kier molecular flexibility index (Phi) is 22.8. The molecule has 4 rings (SSSR count). The normalized spacial score (nSPS) is 12.1. The van der Waals surface area contributed by atoms with Crippen LogP contribution in [-0.4, -0.2) is 62.9 Å². The first-order valence-corrected chi connectivity index (χ1v) is 26.5. The molecule has 78 heavy (non-hydrogen) atoms. The Morgan fingerprint density at radius 3 is 1.12 bits per heavy atom. The molecule has 14 heteroatoms. The Hall–Kier alpha value is -7.22. The van der Waals surface area contributed by atoms with Crippen LogP contribution < -0.4 is 37.9 Å². The molecule has 0 N–H and O–H groups in total. The van der Waals surface area contributed by atoms with E-state index in [2.05, 4.69) is 20.8 Å². The molecule has 0 heterocycles. The van der Waals surface area contributed by atoms with E-state index in [1.54, 1.807) is 144 Å². The number of hydrogen-bond acceptors (Lipinski definition) is 14. The van der Waals surface area contributed by atoms with Crippen molar-refractivity contribution in [1.29, 1.82) is 0 Å². The van der Waals surface area contributed by atoms with Gasteiger partial charge in [-0.15, -0.1) is 0 Å². The Bertz CT molecular complexity index is 2820. The molecular formula is C64H84O14. The van der Waals surface area contributed by atoms with Crippen LogP contribution in [0.4, 0.5) is 0 Å². The Morgan fingerprint density at radius 1 is 0.436 bits per heavy atom. The summed E-state index contributed by atoms with van der Waals surface area (Å²) in [7, 11) is 3.00. The molecule has 4 aromatic carbocycles. The number of carbonyl (C=O) groups excluding carboxylic acids is 6. The monoisotopic (exact) mass is 1080 g/mol. The number of hydrogen-bond donors (Lipinski definition) is 0. The number of esters is 4. The second-order valence-electron chi connectivity index (χ2n) is 23.4. The highest BCUT2D eigenvalue weighted by Crippen LogP contribution is 2.49. The largest absolute Gasteiger partial charge is 0.490 e. The van der Waals surface area contributed by atoms with Crippen molar-refractivity contribution < 1.29 is 66.7 Å². The van der Waals surface area contributed by atoms with Crippen LogP contribution in [0.1, 0.15) is 180 Å². The molecular weight excluding hydrogens is 993 g/mol. The average molecular weight is 1080 g/mol. The highest BCUT2D eigenvalue weighted by atomic mass is 16.6. The third kappa shape index (κ3) is 17.9. The number of rotatable bonds is 20. The molecule has 0 spiro atoms. The maximum atomic E-state index is 13.1. The summed E-state index contributed by atoms with van der Waals surface area (Å²) in [6.07, 6.45) is 8.45.